The molecule has 1 unspecified atom stereocenters. The molecule has 1 aromatic rings. The fraction of sp³-hybridized carbons (Fsp3) is 0.667. The van der Waals surface area contributed by atoms with Gasteiger partial charge in [-0.2, -0.15) is 0 Å². The number of aryl methyl sites for hydroxylation is 1. The highest BCUT2D eigenvalue weighted by Crippen LogP contribution is 2.29. The van der Waals surface area contributed by atoms with Crippen LogP contribution in [0.25, 0.3) is 0 Å². The Kier molecular flexibility index (Phi) is 8.39. The summed E-state index contributed by atoms with van der Waals surface area (Å²) in [6, 6.07) is 6.14. The van der Waals surface area contributed by atoms with Crippen LogP contribution in [0.15, 0.2) is 18.2 Å². The number of hydrogen-bond donors (Lipinski definition) is 0. The van der Waals surface area contributed by atoms with Crippen molar-refractivity contribution in [1.82, 2.24) is 0 Å². The van der Waals surface area contributed by atoms with Crippen molar-refractivity contribution in [2.45, 2.75) is 52.7 Å². The van der Waals surface area contributed by atoms with E-state index >= 15 is 0 Å². The minimum absolute atomic E-state index is 0.00685. The number of methoxy groups -OCH3 is 1. The second kappa shape index (κ2) is 10.5. The van der Waals surface area contributed by atoms with Crippen LogP contribution in [0.2, 0.25) is 0 Å². The third kappa shape index (κ3) is 6.29. The van der Waals surface area contributed by atoms with Gasteiger partial charge in [0.25, 0.3) is 0 Å². The molecule has 2 rings (SSSR count). The summed E-state index contributed by atoms with van der Waals surface area (Å²) in [6.45, 7) is 8.63. The molecule has 0 saturated carbocycles. The van der Waals surface area contributed by atoms with Crippen LogP contribution in [0.3, 0.4) is 0 Å². The van der Waals surface area contributed by atoms with E-state index in [9.17, 15) is 4.79 Å². The third-order valence-electron chi connectivity index (χ3n) is 4.76. The molecule has 146 valence electrons. The summed E-state index contributed by atoms with van der Waals surface area (Å²) in [5, 5.41) is 0. The normalized spacial score (nSPS) is 19.8. The Hall–Kier alpha value is -1.59. The molecule has 5 nitrogen and oxygen atoms in total. The van der Waals surface area contributed by atoms with Crippen LogP contribution < -0.4 is 4.74 Å². The van der Waals surface area contributed by atoms with Gasteiger partial charge in [0, 0.05) is 26.6 Å². The van der Waals surface area contributed by atoms with Crippen LogP contribution in [0.4, 0.5) is 0 Å². The molecule has 0 spiro atoms. The fourth-order valence-electron chi connectivity index (χ4n) is 3.08. The van der Waals surface area contributed by atoms with Gasteiger partial charge in [0.05, 0.1) is 25.7 Å². The largest absolute Gasteiger partial charge is 0.493 e. The number of cyclic esters (lactones) is 1. The van der Waals surface area contributed by atoms with Gasteiger partial charge in [-0.15, -0.1) is 0 Å². The Bertz CT molecular complexity index is 570. The predicted molar refractivity (Wildman–Crippen MR) is 100 cm³/mol. The monoisotopic (exact) mass is 364 g/mol. The average Bonchev–Trinajstić information content (AvgIpc) is 2.99. The van der Waals surface area contributed by atoms with Gasteiger partial charge in [-0.25, -0.2) is 0 Å². The van der Waals surface area contributed by atoms with Gasteiger partial charge in [-0.05, 0) is 36.5 Å². The molecule has 1 saturated heterocycles. The third-order valence-corrected chi connectivity index (χ3v) is 4.76. The Labute approximate surface area is 157 Å². The predicted octanol–water partition coefficient (Wildman–Crippen LogP) is 3.90. The molecule has 1 aromatic carbocycles. The van der Waals surface area contributed by atoms with Crippen LogP contribution in [0.1, 0.15) is 44.2 Å². The van der Waals surface area contributed by atoms with Crippen molar-refractivity contribution in [3.05, 3.63) is 29.3 Å². The van der Waals surface area contributed by atoms with Crippen molar-refractivity contribution in [1.29, 1.82) is 0 Å². The smallest absolute Gasteiger partial charge is 0.309 e. The Morgan fingerprint density at radius 1 is 1.23 bits per heavy atom. The van der Waals surface area contributed by atoms with Crippen LogP contribution in [-0.2, 0) is 25.6 Å². The van der Waals surface area contributed by atoms with Crippen LogP contribution in [-0.4, -0.2) is 39.0 Å². The van der Waals surface area contributed by atoms with E-state index in [1.807, 2.05) is 13.0 Å². The summed E-state index contributed by atoms with van der Waals surface area (Å²) in [7, 11) is 1.69. The molecule has 1 aliphatic rings. The lowest BCUT2D eigenvalue weighted by Gasteiger charge is -2.12. The van der Waals surface area contributed by atoms with Crippen molar-refractivity contribution in [3.8, 4) is 5.75 Å². The van der Waals surface area contributed by atoms with Gasteiger partial charge in [0.2, 0.25) is 0 Å². The molecule has 0 radical (unpaired) electrons. The van der Waals surface area contributed by atoms with E-state index < -0.39 is 0 Å². The van der Waals surface area contributed by atoms with Crippen molar-refractivity contribution in [2.24, 2.45) is 11.8 Å². The number of benzene rings is 1. The maximum atomic E-state index is 11.8. The molecular weight excluding hydrogens is 332 g/mol. The highest BCUT2D eigenvalue weighted by Gasteiger charge is 2.35. The van der Waals surface area contributed by atoms with E-state index in [-0.39, 0.29) is 18.0 Å². The number of rotatable bonds is 11. The molecule has 0 N–H and O–H groups in total. The zero-order chi connectivity index (χ0) is 18.9. The van der Waals surface area contributed by atoms with Crippen LogP contribution >= 0.6 is 0 Å². The van der Waals surface area contributed by atoms with E-state index in [2.05, 4.69) is 26.0 Å². The SMILES string of the molecule is COCCCOc1cc(COCCC2C[C@@H](C(C)C)C(=O)O2)ccc1C. The van der Waals surface area contributed by atoms with Gasteiger partial charge in [0.15, 0.2) is 0 Å². The number of esters is 1. The van der Waals surface area contributed by atoms with E-state index in [1.165, 1.54) is 0 Å². The standard InChI is InChI=1S/C21H32O5/c1-15(2)19-13-18(26-21(19)22)8-11-24-14-17-7-6-16(3)20(12-17)25-10-5-9-23-4/h6-7,12,15,18-19H,5,8-11,13-14H2,1-4H3/t18?,19-/m0/s1. The van der Waals surface area contributed by atoms with E-state index in [0.29, 0.717) is 32.3 Å². The molecule has 0 aromatic heterocycles. The molecule has 0 bridgehead atoms. The lowest BCUT2D eigenvalue weighted by molar-refractivity contribution is -0.145. The molecule has 0 amide bonds. The minimum Gasteiger partial charge on any atom is -0.493 e. The van der Waals surface area contributed by atoms with E-state index in [0.717, 1.165) is 36.1 Å². The Morgan fingerprint density at radius 3 is 2.73 bits per heavy atom. The second-order valence-corrected chi connectivity index (χ2v) is 7.28. The molecule has 0 aliphatic carbocycles. The first-order valence-corrected chi connectivity index (χ1v) is 9.50. The summed E-state index contributed by atoms with van der Waals surface area (Å²) in [5.74, 6) is 1.21. The first kappa shape index (κ1) is 20.7. The van der Waals surface area contributed by atoms with Gasteiger partial charge in [-0.1, -0.05) is 26.0 Å². The molecule has 26 heavy (non-hydrogen) atoms. The van der Waals surface area contributed by atoms with Gasteiger partial charge in [-0.3, -0.25) is 4.79 Å². The number of carbonyl (C=O) groups is 1. The molecule has 1 heterocycles. The molecule has 2 atom stereocenters. The fourth-order valence-corrected chi connectivity index (χ4v) is 3.08. The number of hydrogen-bond acceptors (Lipinski definition) is 5. The highest BCUT2D eigenvalue weighted by atomic mass is 16.6. The van der Waals surface area contributed by atoms with Crippen LogP contribution in [0.5, 0.6) is 5.75 Å². The zero-order valence-corrected chi connectivity index (χ0v) is 16.5. The Morgan fingerprint density at radius 2 is 2.04 bits per heavy atom. The lowest BCUT2D eigenvalue weighted by Crippen LogP contribution is -2.13. The van der Waals surface area contributed by atoms with E-state index in [4.69, 9.17) is 18.9 Å². The highest BCUT2D eigenvalue weighted by molar-refractivity contribution is 5.74. The summed E-state index contributed by atoms with van der Waals surface area (Å²) in [5.41, 5.74) is 2.20. The topological polar surface area (TPSA) is 54.0 Å². The van der Waals surface area contributed by atoms with Crippen molar-refractivity contribution >= 4 is 5.97 Å². The van der Waals surface area contributed by atoms with Gasteiger partial charge >= 0.3 is 5.97 Å². The van der Waals surface area contributed by atoms with Crippen molar-refractivity contribution in [2.75, 3.05) is 26.9 Å². The quantitative estimate of drug-likeness (QED) is 0.440. The number of ether oxygens (including phenoxy) is 4. The van der Waals surface area contributed by atoms with Crippen molar-refractivity contribution < 1.29 is 23.7 Å². The second-order valence-electron chi connectivity index (χ2n) is 7.28. The minimum atomic E-state index is -0.0567. The summed E-state index contributed by atoms with van der Waals surface area (Å²) >= 11 is 0. The average molecular weight is 364 g/mol. The molecule has 1 aliphatic heterocycles. The first-order chi connectivity index (χ1) is 12.5. The summed E-state index contributed by atoms with van der Waals surface area (Å²) in [4.78, 5) is 11.8. The van der Waals surface area contributed by atoms with E-state index in [1.54, 1.807) is 7.11 Å². The molecule has 5 heteroatoms. The maximum Gasteiger partial charge on any atom is 0.309 e. The van der Waals surface area contributed by atoms with Crippen LogP contribution in [0, 0.1) is 18.8 Å². The maximum absolute atomic E-state index is 11.8. The molecule has 1 fully saturated rings. The van der Waals surface area contributed by atoms with Gasteiger partial charge < -0.3 is 18.9 Å². The summed E-state index contributed by atoms with van der Waals surface area (Å²) < 4.78 is 22.1. The summed E-state index contributed by atoms with van der Waals surface area (Å²) in [6.07, 6.45) is 2.42. The first-order valence-electron chi connectivity index (χ1n) is 9.50. The Balaban J connectivity index is 1.71. The lowest BCUT2D eigenvalue weighted by atomic mass is 9.92. The van der Waals surface area contributed by atoms with Gasteiger partial charge in [0.1, 0.15) is 11.9 Å². The zero-order valence-electron chi connectivity index (χ0n) is 16.5. The number of carbonyl (C=O) groups excluding carboxylic acids is 1. The van der Waals surface area contributed by atoms with Crippen molar-refractivity contribution in [3.63, 3.8) is 0 Å². The molecular formula is C21H32O5.